The SMILES string of the molecule is COc1ccc(C(=O)NCC2(c3ccccc3OC)CC2)cc1OC. The van der Waals surface area contributed by atoms with Gasteiger partial charge in [0.15, 0.2) is 11.5 Å². The highest BCUT2D eigenvalue weighted by atomic mass is 16.5. The molecule has 0 aromatic heterocycles. The number of hydrogen-bond acceptors (Lipinski definition) is 4. The second kappa shape index (κ2) is 7.05. The number of rotatable bonds is 7. The Balaban J connectivity index is 1.72. The molecule has 1 fully saturated rings. The Bertz CT molecular complexity index is 768. The average molecular weight is 341 g/mol. The fourth-order valence-corrected chi connectivity index (χ4v) is 3.10. The maximum atomic E-state index is 12.5. The summed E-state index contributed by atoms with van der Waals surface area (Å²) in [5, 5.41) is 3.05. The minimum absolute atomic E-state index is 0.0289. The van der Waals surface area contributed by atoms with Gasteiger partial charge in [-0.05, 0) is 37.1 Å². The first-order chi connectivity index (χ1) is 12.1. The summed E-state index contributed by atoms with van der Waals surface area (Å²) in [5.74, 6) is 1.90. The molecule has 5 heteroatoms. The van der Waals surface area contributed by atoms with Crippen molar-refractivity contribution >= 4 is 5.91 Å². The summed E-state index contributed by atoms with van der Waals surface area (Å²) >= 11 is 0. The lowest BCUT2D eigenvalue weighted by Gasteiger charge is -2.19. The molecule has 0 bridgehead atoms. The van der Waals surface area contributed by atoms with E-state index in [2.05, 4.69) is 11.4 Å². The van der Waals surface area contributed by atoms with Crippen LogP contribution in [0, 0.1) is 0 Å². The number of benzene rings is 2. The molecule has 0 unspecified atom stereocenters. The van der Waals surface area contributed by atoms with Crippen LogP contribution >= 0.6 is 0 Å². The molecule has 132 valence electrons. The first-order valence-corrected chi connectivity index (χ1v) is 8.27. The summed E-state index contributed by atoms with van der Waals surface area (Å²) in [6, 6.07) is 13.2. The first kappa shape index (κ1) is 17.1. The number of amides is 1. The molecular formula is C20H23NO4. The van der Waals surface area contributed by atoms with Crippen molar-refractivity contribution in [1.82, 2.24) is 5.32 Å². The Labute approximate surface area is 147 Å². The van der Waals surface area contributed by atoms with E-state index in [1.54, 1.807) is 39.5 Å². The maximum Gasteiger partial charge on any atom is 0.251 e. The highest BCUT2D eigenvalue weighted by Gasteiger charge is 2.46. The van der Waals surface area contributed by atoms with Gasteiger partial charge in [0.25, 0.3) is 5.91 Å². The smallest absolute Gasteiger partial charge is 0.251 e. The lowest BCUT2D eigenvalue weighted by atomic mass is 9.94. The molecule has 0 heterocycles. The summed E-state index contributed by atoms with van der Waals surface area (Å²) in [5.41, 5.74) is 1.68. The van der Waals surface area contributed by atoms with Gasteiger partial charge in [0.1, 0.15) is 5.75 Å². The van der Waals surface area contributed by atoms with Gasteiger partial charge in [0.05, 0.1) is 21.3 Å². The van der Waals surface area contributed by atoms with Crippen LogP contribution in [-0.4, -0.2) is 33.8 Å². The van der Waals surface area contributed by atoms with E-state index < -0.39 is 0 Å². The minimum Gasteiger partial charge on any atom is -0.496 e. The predicted octanol–water partition coefficient (Wildman–Crippen LogP) is 3.17. The van der Waals surface area contributed by atoms with Crippen molar-refractivity contribution in [2.24, 2.45) is 0 Å². The van der Waals surface area contributed by atoms with E-state index in [1.807, 2.05) is 18.2 Å². The van der Waals surface area contributed by atoms with Crippen molar-refractivity contribution in [1.29, 1.82) is 0 Å². The third-order valence-electron chi connectivity index (χ3n) is 4.76. The maximum absolute atomic E-state index is 12.5. The molecule has 0 aliphatic heterocycles. The van der Waals surface area contributed by atoms with Crippen LogP contribution in [0.5, 0.6) is 17.2 Å². The van der Waals surface area contributed by atoms with E-state index in [4.69, 9.17) is 14.2 Å². The van der Waals surface area contributed by atoms with Gasteiger partial charge in [-0.1, -0.05) is 18.2 Å². The first-order valence-electron chi connectivity index (χ1n) is 8.27. The Kier molecular flexibility index (Phi) is 4.83. The largest absolute Gasteiger partial charge is 0.496 e. The number of nitrogens with one attached hydrogen (secondary N) is 1. The summed E-state index contributed by atoms with van der Waals surface area (Å²) in [6.07, 6.45) is 2.08. The lowest BCUT2D eigenvalue weighted by molar-refractivity contribution is 0.0949. The van der Waals surface area contributed by atoms with Crippen LogP contribution < -0.4 is 19.5 Å². The van der Waals surface area contributed by atoms with Crippen molar-refractivity contribution < 1.29 is 19.0 Å². The zero-order valence-electron chi connectivity index (χ0n) is 14.8. The van der Waals surface area contributed by atoms with E-state index >= 15 is 0 Å². The van der Waals surface area contributed by atoms with E-state index in [0.29, 0.717) is 23.6 Å². The van der Waals surface area contributed by atoms with Crippen LogP contribution in [0.3, 0.4) is 0 Å². The molecule has 1 saturated carbocycles. The highest BCUT2D eigenvalue weighted by Crippen LogP contribution is 2.50. The topological polar surface area (TPSA) is 56.8 Å². The third kappa shape index (κ3) is 3.40. The number of methoxy groups -OCH3 is 3. The molecule has 5 nitrogen and oxygen atoms in total. The van der Waals surface area contributed by atoms with Crippen molar-refractivity contribution in [3.05, 3.63) is 53.6 Å². The van der Waals surface area contributed by atoms with Gasteiger partial charge in [-0.2, -0.15) is 0 Å². The van der Waals surface area contributed by atoms with E-state index in [0.717, 1.165) is 24.2 Å². The van der Waals surface area contributed by atoms with Crippen LogP contribution in [0.2, 0.25) is 0 Å². The second-order valence-electron chi connectivity index (χ2n) is 6.23. The van der Waals surface area contributed by atoms with E-state index in [1.165, 1.54) is 0 Å². The Morgan fingerprint density at radius 2 is 1.64 bits per heavy atom. The summed E-state index contributed by atoms with van der Waals surface area (Å²) in [7, 11) is 4.80. The Morgan fingerprint density at radius 3 is 2.28 bits per heavy atom. The predicted molar refractivity (Wildman–Crippen MR) is 95.8 cm³/mol. The average Bonchev–Trinajstić information content (AvgIpc) is 3.46. The second-order valence-corrected chi connectivity index (χ2v) is 6.23. The van der Waals surface area contributed by atoms with E-state index in [9.17, 15) is 4.79 Å². The fourth-order valence-electron chi connectivity index (χ4n) is 3.10. The summed E-state index contributed by atoms with van der Waals surface area (Å²) in [6.45, 7) is 0.584. The van der Waals surface area contributed by atoms with Crippen LogP contribution in [0.25, 0.3) is 0 Å². The van der Waals surface area contributed by atoms with Gasteiger partial charge in [-0.25, -0.2) is 0 Å². The molecule has 1 N–H and O–H groups in total. The number of carbonyl (C=O) groups excluding carboxylic acids is 1. The van der Waals surface area contributed by atoms with Crippen molar-refractivity contribution in [2.75, 3.05) is 27.9 Å². The quantitative estimate of drug-likeness (QED) is 0.840. The molecule has 0 saturated heterocycles. The zero-order chi connectivity index (χ0) is 17.9. The molecule has 0 spiro atoms. The van der Waals surface area contributed by atoms with Gasteiger partial charge in [-0.15, -0.1) is 0 Å². The van der Waals surface area contributed by atoms with Crippen LogP contribution in [0.15, 0.2) is 42.5 Å². The summed E-state index contributed by atoms with van der Waals surface area (Å²) in [4.78, 5) is 12.5. The normalized spacial score (nSPS) is 14.5. The standard InChI is InChI=1S/C20H23NO4/c1-23-16-7-5-4-6-15(16)20(10-11-20)13-21-19(22)14-8-9-17(24-2)18(12-14)25-3/h4-9,12H,10-11,13H2,1-3H3,(H,21,22). The minimum atomic E-state index is -0.123. The molecule has 0 radical (unpaired) electrons. The molecule has 25 heavy (non-hydrogen) atoms. The number of carbonyl (C=O) groups is 1. The molecule has 1 amide bonds. The number of ether oxygens (including phenoxy) is 3. The van der Waals surface area contributed by atoms with Gasteiger partial charge < -0.3 is 19.5 Å². The molecule has 0 atom stereocenters. The van der Waals surface area contributed by atoms with Crippen LogP contribution in [0.1, 0.15) is 28.8 Å². The van der Waals surface area contributed by atoms with Crippen LogP contribution in [-0.2, 0) is 5.41 Å². The van der Waals surface area contributed by atoms with Gasteiger partial charge in [0, 0.05) is 23.1 Å². The Hall–Kier alpha value is -2.69. The molecule has 1 aliphatic rings. The van der Waals surface area contributed by atoms with E-state index in [-0.39, 0.29) is 11.3 Å². The van der Waals surface area contributed by atoms with Crippen molar-refractivity contribution in [3.8, 4) is 17.2 Å². The highest BCUT2D eigenvalue weighted by molar-refractivity contribution is 5.95. The molecule has 2 aromatic rings. The van der Waals surface area contributed by atoms with Gasteiger partial charge >= 0.3 is 0 Å². The van der Waals surface area contributed by atoms with Crippen molar-refractivity contribution in [2.45, 2.75) is 18.3 Å². The lowest BCUT2D eigenvalue weighted by Crippen LogP contribution is -2.32. The molecule has 1 aliphatic carbocycles. The van der Waals surface area contributed by atoms with Gasteiger partial charge in [-0.3, -0.25) is 4.79 Å². The third-order valence-corrected chi connectivity index (χ3v) is 4.76. The number of hydrogen-bond donors (Lipinski definition) is 1. The van der Waals surface area contributed by atoms with Gasteiger partial charge in [0.2, 0.25) is 0 Å². The zero-order valence-corrected chi connectivity index (χ0v) is 14.8. The van der Waals surface area contributed by atoms with Crippen LogP contribution in [0.4, 0.5) is 0 Å². The summed E-state index contributed by atoms with van der Waals surface area (Å²) < 4.78 is 15.9. The number of para-hydroxylation sites is 1. The fraction of sp³-hybridized carbons (Fsp3) is 0.350. The monoisotopic (exact) mass is 341 g/mol. The molecule has 2 aromatic carbocycles. The molecular weight excluding hydrogens is 318 g/mol. The Morgan fingerprint density at radius 1 is 0.960 bits per heavy atom. The molecule has 3 rings (SSSR count). The van der Waals surface area contributed by atoms with Crippen molar-refractivity contribution in [3.63, 3.8) is 0 Å².